The van der Waals surface area contributed by atoms with Gasteiger partial charge in [-0.15, -0.1) is 0 Å². The van der Waals surface area contributed by atoms with Crippen LogP contribution in [0.25, 0.3) is 0 Å². The van der Waals surface area contributed by atoms with E-state index in [1.54, 1.807) is 5.54 Å². The first-order chi connectivity index (χ1) is 8.88. The van der Waals surface area contributed by atoms with Crippen LogP contribution in [0.1, 0.15) is 12.0 Å². The van der Waals surface area contributed by atoms with E-state index in [0.29, 0.717) is 6.04 Å². The quantitative estimate of drug-likeness (QED) is 0.900. The van der Waals surface area contributed by atoms with Crippen LogP contribution in [0.2, 0.25) is 0 Å². The van der Waals surface area contributed by atoms with Crippen molar-refractivity contribution in [3.05, 3.63) is 47.5 Å². The van der Waals surface area contributed by atoms with Crippen LogP contribution >= 0.6 is 11.6 Å². The molecule has 18 heavy (non-hydrogen) atoms. The van der Waals surface area contributed by atoms with Crippen molar-refractivity contribution in [2.45, 2.75) is 18.9 Å². The van der Waals surface area contributed by atoms with E-state index in [2.05, 4.69) is 40.5 Å². The summed E-state index contributed by atoms with van der Waals surface area (Å²) in [7, 11) is 0. The highest BCUT2D eigenvalue weighted by Crippen LogP contribution is 2.08. The Morgan fingerprint density at radius 1 is 1.33 bits per heavy atom. The number of nitrogens with zero attached hydrogens (tertiary/aromatic N) is 1. The lowest BCUT2D eigenvalue weighted by molar-refractivity contribution is 0.294. The van der Waals surface area contributed by atoms with E-state index in [1.807, 2.05) is 6.08 Å². The van der Waals surface area contributed by atoms with Crippen molar-refractivity contribution in [2.24, 2.45) is 0 Å². The lowest BCUT2D eigenvalue weighted by Crippen LogP contribution is -2.39. The van der Waals surface area contributed by atoms with Crippen molar-refractivity contribution in [2.75, 3.05) is 26.2 Å². The third-order valence-electron chi connectivity index (χ3n) is 3.34. The van der Waals surface area contributed by atoms with Crippen LogP contribution in [0.4, 0.5) is 0 Å². The monoisotopic (exact) mass is 264 g/mol. The van der Waals surface area contributed by atoms with Crippen molar-refractivity contribution < 1.29 is 0 Å². The molecule has 1 saturated heterocycles. The highest BCUT2D eigenvalue weighted by atomic mass is 35.5. The highest BCUT2D eigenvalue weighted by Gasteiger charge is 2.16. The minimum absolute atomic E-state index is 0.540. The number of nitrogens with one attached hydrogen (secondary N) is 1. The first-order valence-electron chi connectivity index (χ1n) is 6.63. The molecule has 1 atom stereocenters. The fourth-order valence-electron chi connectivity index (χ4n) is 2.47. The average Bonchev–Trinajstić information content (AvgIpc) is 2.63. The largest absolute Gasteiger partial charge is 0.312 e. The lowest BCUT2D eigenvalue weighted by atomic mass is 10.1. The first-order valence-corrected chi connectivity index (χ1v) is 7.07. The van der Waals surface area contributed by atoms with E-state index in [-0.39, 0.29) is 0 Å². The van der Waals surface area contributed by atoms with Crippen LogP contribution in [0, 0.1) is 0 Å². The molecule has 0 radical (unpaired) electrons. The summed E-state index contributed by atoms with van der Waals surface area (Å²) in [6.45, 7) is 4.31. The fourth-order valence-corrected chi connectivity index (χ4v) is 2.55. The second-order valence-corrected chi connectivity index (χ2v) is 5.07. The maximum Gasteiger partial charge on any atom is 0.0235 e. The van der Waals surface area contributed by atoms with Gasteiger partial charge in [-0.3, -0.25) is 4.90 Å². The summed E-state index contributed by atoms with van der Waals surface area (Å²) in [6.07, 6.45) is 4.33. The van der Waals surface area contributed by atoms with Gasteiger partial charge in [0.05, 0.1) is 0 Å². The van der Waals surface area contributed by atoms with Gasteiger partial charge in [-0.25, -0.2) is 0 Å². The van der Waals surface area contributed by atoms with Crippen LogP contribution in [0.3, 0.4) is 0 Å². The fraction of sp³-hybridized carbons (Fsp3) is 0.467. The van der Waals surface area contributed by atoms with E-state index in [9.17, 15) is 0 Å². The molecule has 1 aromatic carbocycles. The van der Waals surface area contributed by atoms with E-state index in [0.717, 1.165) is 32.6 Å². The van der Waals surface area contributed by atoms with Crippen LogP contribution in [-0.4, -0.2) is 37.1 Å². The van der Waals surface area contributed by atoms with E-state index in [4.69, 9.17) is 11.6 Å². The zero-order chi connectivity index (χ0) is 12.6. The van der Waals surface area contributed by atoms with E-state index >= 15 is 0 Å². The minimum Gasteiger partial charge on any atom is -0.312 e. The molecule has 2 rings (SSSR count). The Morgan fingerprint density at radius 3 is 2.94 bits per heavy atom. The minimum atomic E-state index is 0.540. The predicted octanol–water partition coefficient (Wildman–Crippen LogP) is 2.65. The van der Waals surface area contributed by atoms with Gasteiger partial charge in [-0.1, -0.05) is 48.0 Å². The number of benzene rings is 1. The maximum absolute atomic E-state index is 5.60. The predicted molar refractivity (Wildman–Crippen MR) is 78.0 cm³/mol. The highest BCUT2D eigenvalue weighted by molar-refractivity contribution is 6.25. The Kier molecular flexibility index (Phi) is 5.72. The standard InChI is InChI=1S/C15H21ClN2/c16-8-4-10-18-11-5-9-17-15(13-18)12-14-6-2-1-3-7-14/h1-4,6-8,15,17H,5,9-13H2/b8-4+. The molecule has 1 aliphatic heterocycles. The number of rotatable bonds is 4. The van der Waals surface area contributed by atoms with Crippen molar-refractivity contribution in [1.29, 1.82) is 0 Å². The number of halogens is 1. The van der Waals surface area contributed by atoms with Crippen LogP contribution in [0.5, 0.6) is 0 Å². The molecule has 0 aliphatic carbocycles. The zero-order valence-electron chi connectivity index (χ0n) is 10.7. The summed E-state index contributed by atoms with van der Waals surface area (Å²) in [5.41, 5.74) is 3.02. The number of hydrogen-bond acceptors (Lipinski definition) is 2. The van der Waals surface area contributed by atoms with Crippen LogP contribution in [-0.2, 0) is 6.42 Å². The smallest absolute Gasteiger partial charge is 0.0235 e. The molecule has 1 unspecified atom stereocenters. The normalized spacial score (nSPS) is 22.2. The first kappa shape index (κ1) is 13.6. The van der Waals surface area contributed by atoms with Gasteiger partial charge in [0.15, 0.2) is 0 Å². The van der Waals surface area contributed by atoms with Gasteiger partial charge in [0.1, 0.15) is 0 Å². The Bertz CT molecular complexity index is 364. The Morgan fingerprint density at radius 2 is 2.17 bits per heavy atom. The summed E-state index contributed by atoms with van der Waals surface area (Å²) in [5.74, 6) is 0. The molecule has 0 saturated carbocycles. The van der Waals surface area contributed by atoms with E-state index < -0.39 is 0 Å². The second-order valence-electron chi connectivity index (χ2n) is 4.82. The Balaban J connectivity index is 1.90. The lowest BCUT2D eigenvalue weighted by Gasteiger charge is -2.23. The van der Waals surface area contributed by atoms with Gasteiger partial charge in [0.25, 0.3) is 0 Å². The molecular weight excluding hydrogens is 244 g/mol. The van der Waals surface area contributed by atoms with Crippen molar-refractivity contribution >= 4 is 11.6 Å². The SMILES string of the molecule is Cl/C=C/CN1CCCNC(Cc2ccccc2)C1. The molecule has 1 heterocycles. The van der Waals surface area contributed by atoms with Gasteiger partial charge in [-0.2, -0.15) is 0 Å². The molecule has 0 bridgehead atoms. The van der Waals surface area contributed by atoms with E-state index in [1.165, 1.54) is 12.0 Å². The van der Waals surface area contributed by atoms with Gasteiger partial charge in [-0.05, 0) is 31.5 Å². The van der Waals surface area contributed by atoms with Gasteiger partial charge in [0, 0.05) is 24.7 Å². The van der Waals surface area contributed by atoms with Crippen LogP contribution in [0.15, 0.2) is 41.9 Å². The summed E-state index contributed by atoms with van der Waals surface area (Å²) in [5, 5.41) is 3.64. The molecule has 3 heteroatoms. The van der Waals surface area contributed by atoms with Crippen molar-refractivity contribution in [3.8, 4) is 0 Å². The van der Waals surface area contributed by atoms with Crippen molar-refractivity contribution in [1.82, 2.24) is 10.2 Å². The topological polar surface area (TPSA) is 15.3 Å². The van der Waals surface area contributed by atoms with Gasteiger partial charge >= 0.3 is 0 Å². The summed E-state index contributed by atoms with van der Waals surface area (Å²) in [6, 6.07) is 11.2. The molecule has 98 valence electrons. The third-order valence-corrected chi connectivity index (χ3v) is 3.52. The number of hydrogen-bond donors (Lipinski definition) is 1. The molecule has 1 aromatic rings. The second kappa shape index (κ2) is 7.57. The average molecular weight is 265 g/mol. The van der Waals surface area contributed by atoms with Crippen molar-refractivity contribution in [3.63, 3.8) is 0 Å². The molecule has 1 aliphatic rings. The zero-order valence-corrected chi connectivity index (χ0v) is 11.4. The summed E-state index contributed by atoms with van der Waals surface area (Å²) in [4.78, 5) is 2.46. The van der Waals surface area contributed by atoms with Gasteiger partial charge in [0.2, 0.25) is 0 Å². The molecule has 0 aromatic heterocycles. The van der Waals surface area contributed by atoms with Crippen LogP contribution < -0.4 is 5.32 Å². The summed E-state index contributed by atoms with van der Waals surface area (Å²) >= 11 is 5.60. The van der Waals surface area contributed by atoms with Gasteiger partial charge < -0.3 is 5.32 Å². The molecular formula is C15H21ClN2. The molecule has 1 fully saturated rings. The maximum atomic E-state index is 5.60. The summed E-state index contributed by atoms with van der Waals surface area (Å²) < 4.78 is 0. The molecule has 0 amide bonds. The Hall–Kier alpha value is -0.830. The third kappa shape index (κ3) is 4.45. The molecule has 0 spiro atoms. The molecule has 2 nitrogen and oxygen atoms in total. The Labute approximate surface area is 115 Å². The molecule has 1 N–H and O–H groups in total.